The smallest absolute Gasteiger partial charge is 0.250 e. The molecule has 0 aromatic heterocycles. The Kier molecular flexibility index (Phi) is 3.65. The Hall–Kier alpha value is -1.84. The minimum Gasteiger partial charge on any atom is -0.339 e. The fourth-order valence-corrected chi connectivity index (χ4v) is 2.24. The van der Waals surface area contributed by atoms with Crippen LogP contribution in [-0.2, 0) is 9.59 Å². The largest absolute Gasteiger partial charge is 0.339 e. The second-order valence-corrected chi connectivity index (χ2v) is 4.56. The highest BCUT2D eigenvalue weighted by Crippen LogP contribution is 2.22. The maximum Gasteiger partial charge on any atom is 0.250 e. The molecule has 0 saturated carbocycles. The van der Waals surface area contributed by atoms with Gasteiger partial charge in [-0.25, -0.2) is 0 Å². The number of nitrogens with zero attached hydrogens (tertiary/aromatic N) is 1. The van der Waals surface area contributed by atoms with Gasteiger partial charge in [-0.3, -0.25) is 9.59 Å². The normalized spacial score (nSPS) is 24.0. The van der Waals surface area contributed by atoms with Gasteiger partial charge in [-0.05, 0) is 18.9 Å². The van der Waals surface area contributed by atoms with E-state index in [1.165, 1.54) is 0 Å². The zero-order valence-electron chi connectivity index (χ0n) is 10.7. The number of piperazine rings is 1. The SMILES string of the molecule is CCCN1C(=O)C(c2ccccc2)NC(=O)C1C. The highest BCUT2D eigenvalue weighted by molar-refractivity contribution is 5.97. The summed E-state index contributed by atoms with van der Waals surface area (Å²) in [5.41, 5.74) is 0.837. The summed E-state index contributed by atoms with van der Waals surface area (Å²) in [7, 11) is 0. The quantitative estimate of drug-likeness (QED) is 0.878. The zero-order valence-corrected chi connectivity index (χ0v) is 10.7. The average Bonchev–Trinajstić information content (AvgIpc) is 2.40. The van der Waals surface area contributed by atoms with Crippen molar-refractivity contribution in [3.63, 3.8) is 0 Å². The van der Waals surface area contributed by atoms with E-state index in [0.717, 1.165) is 12.0 Å². The topological polar surface area (TPSA) is 49.4 Å². The number of rotatable bonds is 3. The van der Waals surface area contributed by atoms with Crippen molar-refractivity contribution in [1.82, 2.24) is 10.2 Å². The van der Waals surface area contributed by atoms with E-state index in [1.54, 1.807) is 11.8 Å². The third-order valence-corrected chi connectivity index (χ3v) is 3.26. The molecule has 1 aliphatic rings. The molecule has 0 spiro atoms. The molecule has 0 bridgehead atoms. The summed E-state index contributed by atoms with van der Waals surface area (Å²) in [4.78, 5) is 25.9. The summed E-state index contributed by atoms with van der Waals surface area (Å²) < 4.78 is 0. The Bertz CT molecular complexity index is 444. The van der Waals surface area contributed by atoms with E-state index in [0.29, 0.717) is 6.54 Å². The minimum absolute atomic E-state index is 0.0184. The van der Waals surface area contributed by atoms with E-state index in [2.05, 4.69) is 5.32 Å². The lowest BCUT2D eigenvalue weighted by molar-refractivity contribution is -0.148. The molecule has 4 heteroatoms. The first-order valence-electron chi connectivity index (χ1n) is 6.31. The third-order valence-electron chi connectivity index (χ3n) is 3.26. The van der Waals surface area contributed by atoms with E-state index in [1.807, 2.05) is 37.3 Å². The van der Waals surface area contributed by atoms with Crippen LogP contribution in [0.25, 0.3) is 0 Å². The Morgan fingerprint density at radius 2 is 1.89 bits per heavy atom. The van der Waals surface area contributed by atoms with Gasteiger partial charge in [0, 0.05) is 6.54 Å². The Labute approximate surface area is 107 Å². The highest BCUT2D eigenvalue weighted by Gasteiger charge is 2.38. The van der Waals surface area contributed by atoms with Gasteiger partial charge in [0.05, 0.1) is 0 Å². The van der Waals surface area contributed by atoms with Crippen LogP contribution in [0.2, 0.25) is 0 Å². The molecule has 2 atom stereocenters. The summed E-state index contributed by atoms with van der Waals surface area (Å²) in [6.07, 6.45) is 0.852. The van der Waals surface area contributed by atoms with Crippen molar-refractivity contribution < 1.29 is 9.59 Å². The summed E-state index contributed by atoms with van der Waals surface area (Å²) in [5.74, 6) is -0.105. The maximum absolute atomic E-state index is 12.4. The van der Waals surface area contributed by atoms with Crippen LogP contribution in [-0.4, -0.2) is 29.3 Å². The van der Waals surface area contributed by atoms with E-state index < -0.39 is 6.04 Å². The Morgan fingerprint density at radius 3 is 2.50 bits per heavy atom. The van der Waals surface area contributed by atoms with Crippen molar-refractivity contribution in [3.05, 3.63) is 35.9 Å². The molecular weight excluding hydrogens is 228 g/mol. The molecule has 1 fully saturated rings. The van der Waals surface area contributed by atoms with Crippen molar-refractivity contribution in [1.29, 1.82) is 0 Å². The first-order chi connectivity index (χ1) is 8.65. The van der Waals surface area contributed by atoms with Crippen molar-refractivity contribution in [3.8, 4) is 0 Å². The van der Waals surface area contributed by atoms with Crippen molar-refractivity contribution in [2.24, 2.45) is 0 Å². The molecule has 1 aromatic carbocycles. The molecular formula is C14H18N2O2. The lowest BCUT2D eigenvalue weighted by Gasteiger charge is -2.37. The van der Waals surface area contributed by atoms with Crippen molar-refractivity contribution in [2.75, 3.05) is 6.54 Å². The van der Waals surface area contributed by atoms with Crippen LogP contribution in [0, 0.1) is 0 Å². The van der Waals surface area contributed by atoms with E-state index in [4.69, 9.17) is 0 Å². The summed E-state index contributed by atoms with van der Waals surface area (Å²) in [5, 5.41) is 2.79. The summed E-state index contributed by atoms with van der Waals surface area (Å²) >= 11 is 0. The molecule has 1 N–H and O–H groups in total. The highest BCUT2D eigenvalue weighted by atomic mass is 16.2. The van der Waals surface area contributed by atoms with Crippen molar-refractivity contribution >= 4 is 11.8 Å². The first-order valence-corrected chi connectivity index (χ1v) is 6.31. The average molecular weight is 246 g/mol. The number of hydrogen-bond donors (Lipinski definition) is 1. The number of amides is 2. The third kappa shape index (κ3) is 2.23. The first kappa shape index (κ1) is 12.6. The zero-order chi connectivity index (χ0) is 13.1. The van der Waals surface area contributed by atoms with Crippen LogP contribution in [0.3, 0.4) is 0 Å². The fourth-order valence-electron chi connectivity index (χ4n) is 2.24. The standard InChI is InChI=1S/C14H18N2O2/c1-3-9-16-10(2)13(17)15-12(14(16)18)11-7-5-4-6-8-11/h4-8,10,12H,3,9H2,1-2H3,(H,15,17). The van der Waals surface area contributed by atoms with Gasteiger partial charge in [-0.15, -0.1) is 0 Å². The van der Waals surface area contributed by atoms with Gasteiger partial charge in [0.15, 0.2) is 0 Å². The van der Waals surface area contributed by atoms with Gasteiger partial charge in [0.25, 0.3) is 0 Å². The van der Waals surface area contributed by atoms with Crippen LogP contribution >= 0.6 is 0 Å². The molecule has 1 heterocycles. The van der Waals surface area contributed by atoms with Crippen LogP contribution < -0.4 is 5.32 Å². The van der Waals surface area contributed by atoms with Gasteiger partial charge in [0.1, 0.15) is 12.1 Å². The van der Waals surface area contributed by atoms with Gasteiger partial charge in [-0.2, -0.15) is 0 Å². The molecule has 1 aliphatic heterocycles. The molecule has 18 heavy (non-hydrogen) atoms. The van der Waals surface area contributed by atoms with Gasteiger partial charge in [0.2, 0.25) is 11.8 Å². The number of benzene rings is 1. The van der Waals surface area contributed by atoms with Crippen molar-refractivity contribution in [2.45, 2.75) is 32.4 Å². The molecule has 2 unspecified atom stereocenters. The number of carbonyl (C=O) groups is 2. The second kappa shape index (κ2) is 5.21. The number of carbonyl (C=O) groups excluding carboxylic acids is 2. The van der Waals surface area contributed by atoms with Crippen LogP contribution in [0.1, 0.15) is 31.9 Å². The van der Waals surface area contributed by atoms with E-state index in [9.17, 15) is 9.59 Å². The molecule has 4 nitrogen and oxygen atoms in total. The van der Waals surface area contributed by atoms with Crippen LogP contribution in [0.5, 0.6) is 0 Å². The molecule has 1 aromatic rings. The Balaban J connectivity index is 2.27. The monoisotopic (exact) mass is 246 g/mol. The van der Waals surface area contributed by atoms with Gasteiger partial charge in [-0.1, -0.05) is 37.3 Å². The van der Waals surface area contributed by atoms with Crippen LogP contribution in [0.15, 0.2) is 30.3 Å². The number of hydrogen-bond acceptors (Lipinski definition) is 2. The fraction of sp³-hybridized carbons (Fsp3) is 0.429. The summed E-state index contributed by atoms with van der Waals surface area (Å²) in [6.45, 7) is 4.39. The molecule has 0 radical (unpaired) electrons. The van der Waals surface area contributed by atoms with E-state index in [-0.39, 0.29) is 17.9 Å². The Morgan fingerprint density at radius 1 is 1.22 bits per heavy atom. The lowest BCUT2D eigenvalue weighted by Crippen LogP contribution is -2.58. The summed E-state index contributed by atoms with van der Waals surface area (Å²) in [6, 6.07) is 8.45. The molecule has 0 aliphatic carbocycles. The van der Waals surface area contributed by atoms with Crippen LogP contribution in [0.4, 0.5) is 0 Å². The molecule has 1 saturated heterocycles. The minimum atomic E-state index is -0.540. The number of nitrogens with one attached hydrogen (secondary N) is 1. The maximum atomic E-state index is 12.4. The van der Waals surface area contributed by atoms with Gasteiger partial charge < -0.3 is 10.2 Å². The predicted octanol–water partition coefficient (Wildman–Crippen LogP) is 1.48. The predicted molar refractivity (Wildman–Crippen MR) is 68.8 cm³/mol. The molecule has 96 valence electrons. The molecule has 2 rings (SSSR count). The second-order valence-electron chi connectivity index (χ2n) is 4.56. The molecule has 2 amide bonds. The van der Waals surface area contributed by atoms with E-state index >= 15 is 0 Å². The van der Waals surface area contributed by atoms with Gasteiger partial charge >= 0.3 is 0 Å². The lowest BCUT2D eigenvalue weighted by atomic mass is 10.0.